The van der Waals surface area contributed by atoms with E-state index in [4.69, 9.17) is 0 Å². The third-order valence-electron chi connectivity index (χ3n) is 2.56. The van der Waals surface area contributed by atoms with Crippen LogP contribution in [0, 0.1) is 13.8 Å². The summed E-state index contributed by atoms with van der Waals surface area (Å²) < 4.78 is 62.6. The maximum Gasteiger partial charge on any atom is 2.00 e. The van der Waals surface area contributed by atoms with Crippen LogP contribution in [0.1, 0.15) is 11.1 Å². The van der Waals surface area contributed by atoms with E-state index in [0.717, 1.165) is 11.1 Å². The molecular formula is C14H14MnO6S2. The number of rotatable bonds is 2. The van der Waals surface area contributed by atoms with Crippen LogP contribution in [0.15, 0.2) is 58.3 Å². The minimum absolute atomic E-state index is 0. The van der Waals surface area contributed by atoms with Crippen molar-refractivity contribution in [3.63, 3.8) is 0 Å². The molecule has 0 heterocycles. The first kappa shape index (κ1) is 21.8. The Morgan fingerprint density at radius 2 is 1.00 bits per heavy atom. The Labute approximate surface area is 146 Å². The summed E-state index contributed by atoms with van der Waals surface area (Å²) in [7, 11) is -8.55. The van der Waals surface area contributed by atoms with Crippen molar-refractivity contribution < 1.29 is 43.0 Å². The molecule has 0 aliphatic rings. The summed E-state index contributed by atoms with van der Waals surface area (Å²) in [5, 5.41) is 0. The van der Waals surface area contributed by atoms with Gasteiger partial charge < -0.3 is 9.11 Å². The van der Waals surface area contributed by atoms with E-state index in [1.54, 1.807) is 38.1 Å². The van der Waals surface area contributed by atoms with Gasteiger partial charge in [0, 0.05) is 0 Å². The fraction of sp³-hybridized carbons (Fsp3) is 0.143. The van der Waals surface area contributed by atoms with Crippen LogP contribution in [-0.2, 0) is 37.3 Å². The predicted molar refractivity (Wildman–Crippen MR) is 78.3 cm³/mol. The maximum absolute atomic E-state index is 10.4. The van der Waals surface area contributed by atoms with Gasteiger partial charge in [-0.05, 0) is 49.2 Å². The molecule has 6 nitrogen and oxygen atoms in total. The molecular weight excluding hydrogens is 383 g/mol. The summed E-state index contributed by atoms with van der Waals surface area (Å²) in [5.74, 6) is 0. The van der Waals surface area contributed by atoms with Gasteiger partial charge >= 0.3 is 17.1 Å². The Balaban J connectivity index is 0.000000403. The van der Waals surface area contributed by atoms with E-state index >= 15 is 0 Å². The standard InChI is InChI=1S/2C7H8O3S.Mn/c2*1-6-3-2-4-7(5-6)11(8,9)10;/h2*2-5H,1H3,(H,8,9,10);/q;;+2/p-2. The van der Waals surface area contributed by atoms with E-state index in [0.29, 0.717) is 0 Å². The Kier molecular flexibility index (Phi) is 8.13. The maximum atomic E-state index is 10.4. The zero-order chi connectivity index (χ0) is 17.0. The second kappa shape index (κ2) is 8.58. The predicted octanol–water partition coefficient (Wildman–Crippen LogP) is 1.80. The van der Waals surface area contributed by atoms with Gasteiger partial charge in [0.2, 0.25) is 0 Å². The summed E-state index contributed by atoms with van der Waals surface area (Å²) in [6, 6.07) is 11.8. The van der Waals surface area contributed by atoms with E-state index in [9.17, 15) is 25.9 Å². The van der Waals surface area contributed by atoms with E-state index < -0.39 is 20.2 Å². The van der Waals surface area contributed by atoms with Crippen molar-refractivity contribution >= 4 is 20.2 Å². The summed E-state index contributed by atoms with van der Waals surface area (Å²) in [6.07, 6.45) is 0. The molecule has 2 aromatic rings. The molecule has 0 saturated carbocycles. The van der Waals surface area contributed by atoms with E-state index in [1.165, 1.54) is 24.3 Å². The van der Waals surface area contributed by atoms with Gasteiger partial charge in [-0.3, -0.25) is 0 Å². The zero-order valence-electron chi connectivity index (χ0n) is 12.3. The van der Waals surface area contributed by atoms with Crippen LogP contribution in [0.5, 0.6) is 0 Å². The number of hydrogen-bond donors (Lipinski definition) is 0. The van der Waals surface area contributed by atoms with Gasteiger partial charge in [0.05, 0.1) is 9.79 Å². The number of hydrogen-bond acceptors (Lipinski definition) is 6. The largest absolute Gasteiger partial charge is 2.00 e. The molecule has 23 heavy (non-hydrogen) atoms. The molecule has 0 bridgehead atoms. The average Bonchev–Trinajstić information content (AvgIpc) is 2.37. The van der Waals surface area contributed by atoms with Crippen molar-refractivity contribution in [3.8, 4) is 0 Å². The minimum Gasteiger partial charge on any atom is -0.744 e. The Bertz CT molecular complexity index is 787. The SMILES string of the molecule is Cc1cccc(S(=O)(=O)[O-])c1.Cc1cccc(S(=O)(=O)[O-])c1.[Mn+2]. The van der Waals surface area contributed by atoms with Gasteiger partial charge in [0.25, 0.3) is 0 Å². The summed E-state index contributed by atoms with van der Waals surface area (Å²) >= 11 is 0. The van der Waals surface area contributed by atoms with Gasteiger partial charge in [-0.1, -0.05) is 24.3 Å². The second-order valence-corrected chi connectivity index (χ2v) is 7.30. The smallest absolute Gasteiger partial charge is 0.744 e. The van der Waals surface area contributed by atoms with Crippen LogP contribution < -0.4 is 0 Å². The Hall–Kier alpha value is -1.22. The molecule has 0 spiro atoms. The monoisotopic (exact) mass is 397 g/mol. The molecule has 0 aliphatic heterocycles. The van der Waals surface area contributed by atoms with Crippen molar-refractivity contribution in [1.29, 1.82) is 0 Å². The van der Waals surface area contributed by atoms with Gasteiger partial charge in [0.15, 0.2) is 0 Å². The fourth-order valence-electron chi connectivity index (χ4n) is 1.54. The zero-order valence-corrected chi connectivity index (χ0v) is 15.1. The fourth-order valence-corrected chi connectivity index (χ4v) is 2.69. The van der Waals surface area contributed by atoms with E-state index in [1.807, 2.05) is 0 Å². The van der Waals surface area contributed by atoms with Crippen LogP contribution in [0.3, 0.4) is 0 Å². The van der Waals surface area contributed by atoms with Crippen molar-refractivity contribution in [2.24, 2.45) is 0 Å². The van der Waals surface area contributed by atoms with Crippen molar-refractivity contribution in [2.75, 3.05) is 0 Å². The topological polar surface area (TPSA) is 114 Å². The summed E-state index contributed by atoms with van der Waals surface area (Å²) in [5.41, 5.74) is 1.53. The first-order valence-corrected chi connectivity index (χ1v) is 8.87. The van der Waals surface area contributed by atoms with Crippen molar-refractivity contribution in [3.05, 3.63) is 59.7 Å². The van der Waals surface area contributed by atoms with Gasteiger partial charge in [-0.15, -0.1) is 0 Å². The molecule has 0 amide bonds. The molecule has 0 unspecified atom stereocenters. The minimum atomic E-state index is -4.28. The quantitative estimate of drug-likeness (QED) is 0.564. The van der Waals surface area contributed by atoms with E-state index in [2.05, 4.69) is 0 Å². The average molecular weight is 397 g/mol. The second-order valence-electron chi connectivity index (χ2n) is 4.54. The molecule has 2 rings (SSSR count). The van der Waals surface area contributed by atoms with E-state index in [-0.39, 0.29) is 26.9 Å². The van der Waals surface area contributed by atoms with Gasteiger partial charge in [0.1, 0.15) is 20.2 Å². The first-order valence-electron chi connectivity index (χ1n) is 6.05. The molecule has 0 saturated heterocycles. The number of benzene rings is 2. The third-order valence-corrected chi connectivity index (χ3v) is 4.22. The van der Waals surface area contributed by atoms with Crippen LogP contribution in [0.2, 0.25) is 0 Å². The van der Waals surface area contributed by atoms with Crippen LogP contribution >= 0.6 is 0 Å². The molecule has 2 aromatic carbocycles. The van der Waals surface area contributed by atoms with Crippen molar-refractivity contribution in [2.45, 2.75) is 23.6 Å². The molecule has 0 aliphatic carbocycles. The third kappa shape index (κ3) is 7.74. The molecule has 0 fully saturated rings. The molecule has 125 valence electrons. The van der Waals surface area contributed by atoms with Gasteiger partial charge in [-0.2, -0.15) is 0 Å². The molecule has 1 radical (unpaired) electrons. The van der Waals surface area contributed by atoms with Crippen LogP contribution in [-0.4, -0.2) is 25.9 Å². The normalized spacial score (nSPS) is 11.0. The Morgan fingerprint density at radius 1 is 0.696 bits per heavy atom. The molecule has 9 heteroatoms. The summed E-state index contributed by atoms with van der Waals surface area (Å²) in [6.45, 7) is 3.46. The van der Waals surface area contributed by atoms with Crippen molar-refractivity contribution in [1.82, 2.24) is 0 Å². The molecule has 0 aromatic heterocycles. The van der Waals surface area contributed by atoms with Crippen LogP contribution in [0.25, 0.3) is 0 Å². The molecule has 0 N–H and O–H groups in total. The Morgan fingerprint density at radius 3 is 1.17 bits per heavy atom. The first-order chi connectivity index (χ1) is 10.00. The number of aryl methyl sites for hydroxylation is 2. The van der Waals surface area contributed by atoms with Crippen LogP contribution in [0.4, 0.5) is 0 Å². The summed E-state index contributed by atoms with van der Waals surface area (Å²) in [4.78, 5) is -0.338. The molecule has 0 atom stereocenters. The van der Waals surface area contributed by atoms with Gasteiger partial charge in [-0.25, -0.2) is 16.8 Å².